The molecule has 0 bridgehead atoms. The molecule has 0 saturated carbocycles. The summed E-state index contributed by atoms with van der Waals surface area (Å²) < 4.78 is 10.4. The smallest absolute Gasteiger partial charge is 0.245 e. The van der Waals surface area contributed by atoms with E-state index in [4.69, 9.17) is 9.47 Å². The van der Waals surface area contributed by atoms with Crippen molar-refractivity contribution in [3.05, 3.63) is 12.7 Å². The Bertz CT molecular complexity index is 560. The molecule has 0 spiro atoms. The fraction of sp³-hybridized carbons (Fsp3) is 0.800. The quantitative estimate of drug-likeness (QED) is 0.158. The molecule has 0 aromatic carbocycles. The number of aliphatic hydroxyl groups excluding tert-OH is 6. The molecule has 0 aliphatic carbocycles. The maximum absolute atomic E-state index is 11.6. The van der Waals surface area contributed by atoms with Crippen LogP contribution in [0.5, 0.6) is 0 Å². The van der Waals surface area contributed by atoms with E-state index in [2.05, 4.69) is 6.58 Å². The zero-order valence-electron chi connectivity index (χ0n) is 14.2. The Labute approximate surface area is 153 Å². The summed E-state index contributed by atoms with van der Waals surface area (Å²) in [6.07, 6.45) is -11.8. The monoisotopic (exact) mass is 395 g/mol. The molecule has 9 N–H and O–H groups in total. The second-order valence-electron chi connectivity index (χ2n) is 6.64. The Hall–Kier alpha value is -1.19. The highest BCUT2D eigenvalue weighted by Crippen LogP contribution is 2.38. The second kappa shape index (κ2) is 8.05. The van der Waals surface area contributed by atoms with E-state index < -0.39 is 79.8 Å². The fourth-order valence-corrected chi connectivity index (χ4v) is 3.34. The lowest BCUT2D eigenvalue weighted by Gasteiger charge is -2.55. The molecule has 2 fully saturated rings. The van der Waals surface area contributed by atoms with Gasteiger partial charge in [-0.25, -0.2) is 0 Å². The molecule has 2 aliphatic heterocycles. The highest BCUT2D eigenvalue weighted by Gasteiger charge is 2.65. The lowest BCUT2D eigenvalue weighted by Crippen LogP contribution is -2.80. The molecule has 0 unspecified atom stereocenters. The van der Waals surface area contributed by atoms with Gasteiger partial charge in [0.25, 0.3) is 0 Å². The first-order valence-electron chi connectivity index (χ1n) is 8.17. The molecule has 0 aromatic heterocycles. The highest BCUT2D eigenvalue weighted by atomic mass is 16.6. The first kappa shape index (κ1) is 22.1. The molecule has 12 nitrogen and oxygen atoms in total. The third-order valence-electron chi connectivity index (χ3n) is 4.96. The van der Waals surface area contributed by atoms with Crippen molar-refractivity contribution in [2.75, 3.05) is 19.8 Å². The van der Waals surface area contributed by atoms with Crippen LogP contribution in [0.1, 0.15) is 0 Å². The van der Waals surface area contributed by atoms with Crippen molar-refractivity contribution in [3.63, 3.8) is 0 Å². The largest absolute Gasteiger partial charge is 0.394 e. The van der Waals surface area contributed by atoms with Gasteiger partial charge in [-0.05, 0) is 6.08 Å². The average molecular weight is 395 g/mol. The molecule has 2 rings (SSSR count). The lowest BCUT2D eigenvalue weighted by atomic mass is 9.75. The van der Waals surface area contributed by atoms with Gasteiger partial charge in [-0.2, -0.15) is 0 Å². The average Bonchev–Trinajstić information content (AvgIpc) is 2.64. The van der Waals surface area contributed by atoms with E-state index in [-0.39, 0.29) is 0 Å². The van der Waals surface area contributed by atoms with E-state index in [0.29, 0.717) is 0 Å². The molecular formula is C15H25NO11. The summed E-state index contributed by atoms with van der Waals surface area (Å²) >= 11 is 0. The van der Waals surface area contributed by atoms with Crippen LogP contribution in [-0.2, 0) is 14.3 Å². The summed E-state index contributed by atoms with van der Waals surface area (Å²) in [5.74, 6) is -0.961. The third-order valence-corrected chi connectivity index (χ3v) is 4.96. The van der Waals surface area contributed by atoms with Crippen LogP contribution in [0.3, 0.4) is 0 Å². The summed E-state index contributed by atoms with van der Waals surface area (Å²) in [6, 6.07) is 0. The van der Waals surface area contributed by atoms with Gasteiger partial charge in [0.2, 0.25) is 5.91 Å². The maximum Gasteiger partial charge on any atom is 0.245 e. The zero-order chi connectivity index (χ0) is 20.6. The molecule has 2 saturated heterocycles. The van der Waals surface area contributed by atoms with Crippen molar-refractivity contribution in [2.24, 2.45) is 0 Å². The van der Waals surface area contributed by atoms with Crippen LogP contribution >= 0.6 is 0 Å². The van der Waals surface area contributed by atoms with E-state index in [9.17, 15) is 45.6 Å². The molecule has 2 heterocycles. The predicted octanol–water partition coefficient (Wildman–Crippen LogP) is -5.70. The molecule has 1 amide bonds. The molecule has 156 valence electrons. The van der Waals surface area contributed by atoms with E-state index in [1.54, 1.807) is 0 Å². The minimum Gasteiger partial charge on any atom is -0.394 e. The first-order chi connectivity index (χ1) is 12.6. The molecule has 9 atom stereocenters. The zero-order valence-corrected chi connectivity index (χ0v) is 14.2. The van der Waals surface area contributed by atoms with Crippen LogP contribution in [0.15, 0.2) is 12.7 Å². The van der Waals surface area contributed by atoms with Crippen LogP contribution in [0.4, 0.5) is 0 Å². The van der Waals surface area contributed by atoms with E-state index >= 15 is 0 Å². The van der Waals surface area contributed by atoms with Gasteiger partial charge in [-0.3, -0.25) is 4.79 Å². The van der Waals surface area contributed by atoms with Crippen molar-refractivity contribution >= 4 is 5.91 Å². The standard InChI is InChI=1S/C15H25NO11/c1-2-8(19)16-15(25)7(4-18)26-5-14(24,13(15)23)12-11(22)10(21)9(20)6(3-17)27-12/h2,6-7,9-13,17-18,20-25H,1,3-5H2,(H,16,19)/t6-,7-,9+,10+,11-,12-,13-,14-,15+/m1/s1. The van der Waals surface area contributed by atoms with Crippen molar-refractivity contribution in [1.82, 2.24) is 5.32 Å². The van der Waals surface area contributed by atoms with Crippen LogP contribution in [0.2, 0.25) is 0 Å². The van der Waals surface area contributed by atoms with Gasteiger partial charge in [-0.1, -0.05) is 6.58 Å². The minimum absolute atomic E-state index is 0.765. The van der Waals surface area contributed by atoms with Crippen molar-refractivity contribution in [1.29, 1.82) is 0 Å². The third kappa shape index (κ3) is 3.61. The van der Waals surface area contributed by atoms with Gasteiger partial charge < -0.3 is 55.6 Å². The maximum atomic E-state index is 11.6. The Morgan fingerprint density at radius 2 is 1.74 bits per heavy atom. The predicted molar refractivity (Wildman–Crippen MR) is 84.8 cm³/mol. The topological polar surface area (TPSA) is 209 Å². The number of amides is 1. The molecule has 27 heavy (non-hydrogen) atoms. The summed E-state index contributed by atoms with van der Waals surface area (Å²) in [7, 11) is 0. The van der Waals surface area contributed by atoms with Gasteiger partial charge in [0.15, 0.2) is 5.72 Å². The Balaban J connectivity index is 2.40. The Kier molecular flexibility index (Phi) is 6.59. The van der Waals surface area contributed by atoms with Gasteiger partial charge in [-0.15, -0.1) is 0 Å². The van der Waals surface area contributed by atoms with E-state index in [1.807, 2.05) is 5.32 Å². The highest BCUT2D eigenvalue weighted by molar-refractivity contribution is 5.87. The van der Waals surface area contributed by atoms with Crippen molar-refractivity contribution < 1.29 is 55.1 Å². The van der Waals surface area contributed by atoms with Crippen LogP contribution in [0.25, 0.3) is 0 Å². The Morgan fingerprint density at radius 3 is 2.26 bits per heavy atom. The van der Waals surface area contributed by atoms with Crippen LogP contribution in [-0.4, -0.2) is 121 Å². The van der Waals surface area contributed by atoms with Crippen molar-refractivity contribution in [3.8, 4) is 0 Å². The summed E-state index contributed by atoms with van der Waals surface area (Å²) in [4.78, 5) is 11.6. The summed E-state index contributed by atoms with van der Waals surface area (Å²) in [5, 5.41) is 82.8. The van der Waals surface area contributed by atoms with Gasteiger partial charge >= 0.3 is 0 Å². The number of hydrogen-bond acceptors (Lipinski definition) is 11. The molecule has 0 aromatic rings. The van der Waals surface area contributed by atoms with Crippen LogP contribution in [0, 0.1) is 0 Å². The molecule has 2 aliphatic rings. The van der Waals surface area contributed by atoms with Gasteiger partial charge in [0.1, 0.15) is 48.3 Å². The summed E-state index contributed by atoms with van der Waals surface area (Å²) in [6.45, 7) is 0.765. The summed E-state index contributed by atoms with van der Waals surface area (Å²) in [5.41, 5.74) is -5.32. The number of carbonyl (C=O) groups excluding carboxylic acids is 1. The fourth-order valence-electron chi connectivity index (χ4n) is 3.34. The molecule has 0 radical (unpaired) electrons. The Morgan fingerprint density at radius 1 is 1.11 bits per heavy atom. The molecular weight excluding hydrogens is 370 g/mol. The number of hydrogen-bond donors (Lipinski definition) is 9. The van der Waals surface area contributed by atoms with Crippen LogP contribution < -0.4 is 5.32 Å². The SMILES string of the molecule is C=CC(=O)N[C@@]1(O)[C@H](O)[C@](O)([C@@H]2O[C@H](CO)[C@H](O)[C@H](O)[C@H]2O)CO[C@@H]1CO. The number of rotatable bonds is 5. The number of aliphatic hydroxyl groups is 8. The number of ether oxygens (including phenoxy) is 2. The van der Waals surface area contributed by atoms with E-state index in [0.717, 1.165) is 6.08 Å². The van der Waals surface area contributed by atoms with E-state index in [1.165, 1.54) is 0 Å². The molecule has 12 heteroatoms. The number of carbonyl (C=O) groups is 1. The van der Waals surface area contributed by atoms with Gasteiger partial charge in [0.05, 0.1) is 19.8 Å². The second-order valence-corrected chi connectivity index (χ2v) is 6.64. The van der Waals surface area contributed by atoms with Gasteiger partial charge in [0, 0.05) is 0 Å². The van der Waals surface area contributed by atoms with Crippen molar-refractivity contribution in [2.45, 2.75) is 54.1 Å². The normalized spacial score (nSPS) is 48.1. The minimum atomic E-state index is -2.72. The lowest BCUT2D eigenvalue weighted by molar-refractivity contribution is -0.347. The first-order valence-corrected chi connectivity index (χ1v) is 8.17. The number of nitrogens with one attached hydrogen (secondary N) is 1.